The molecule has 2 heterocycles. The fourth-order valence-corrected chi connectivity index (χ4v) is 4.79. The SMILES string of the molecule is CC(C)N(CCN1C(=O)C(=O)C(=C(O)c2ccccc2)[C@@H]1c1cccs1)C(C)C. The average Bonchev–Trinajstić information content (AvgIpc) is 3.30. The molecule has 1 fully saturated rings. The highest BCUT2D eigenvalue weighted by Gasteiger charge is 2.46. The summed E-state index contributed by atoms with van der Waals surface area (Å²) >= 11 is 1.49. The summed E-state index contributed by atoms with van der Waals surface area (Å²) in [4.78, 5) is 30.6. The molecular weight excluding hydrogens is 384 g/mol. The summed E-state index contributed by atoms with van der Waals surface area (Å²) in [6, 6.07) is 12.8. The van der Waals surface area contributed by atoms with Crippen LogP contribution in [0.2, 0.25) is 0 Å². The van der Waals surface area contributed by atoms with Gasteiger partial charge in [0.1, 0.15) is 5.76 Å². The number of hydrogen-bond acceptors (Lipinski definition) is 5. The smallest absolute Gasteiger partial charge is 0.295 e. The highest BCUT2D eigenvalue weighted by Crippen LogP contribution is 2.40. The van der Waals surface area contributed by atoms with E-state index in [-0.39, 0.29) is 11.3 Å². The van der Waals surface area contributed by atoms with E-state index in [2.05, 4.69) is 32.6 Å². The molecule has 2 aromatic rings. The van der Waals surface area contributed by atoms with Crippen LogP contribution in [0.15, 0.2) is 53.4 Å². The lowest BCUT2D eigenvalue weighted by molar-refractivity contribution is -0.140. The predicted octanol–water partition coefficient (Wildman–Crippen LogP) is 4.29. The van der Waals surface area contributed by atoms with Gasteiger partial charge in [-0.1, -0.05) is 36.4 Å². The van der Waals surface area contributed by atoms with Gasteiger partial charge in [-0.05, 0) is 39.1 Å². The molecule has 5 nitrogen and oxygen atoms in total. The Hall–Kier alpha value is -2.44. The summed E-state index contributed by atoms with van der Waals surface area (Å²) in [5.74, 6) is -1.28. The van der Waals surface area contributed by atoms with Gasteiger partial charge in [0.2, 0.25) is 0 Å². The fraction of sp³-hybridized carbons (Fsp3) is 0.391. The van der Waals surface area contributed by atoms with Crippen molar-refractivity contribution in [2.75, 3.05) is 13.1 Å². The van der Waals surface area contributed by atoms with Crippen LogP contribution in [0.1, 0.15) is 44.2 Å². The molecule has 1 aliphatic heterocycles. The number of aliphatic hydroxyl groups excluding tert-OH is 1. The Bertz CT molecular complexity index is 880. The molecule has 3 rings (SSSR count). The molecule has 0 bridgehead atoms. The molecule has 6 heteroatoms. The second kappa shape index (κ2) is 8.93. The van der Waals surface area contributed by atoms with Gasteiger partial charge < -0.3 is 10.0 Å². The lowest BCUT2D eigenvalue weighted by Crippen LogP contribution is -2.43. The molecule has 0 spiro atoms. The molecule has 1 aromatic heterocycles. The van der Waals surface area contributed by atoms with E-state index in [9.17, 15) is 14.7 Å². The molecular formula is C23H28N2O3S. The van der Waals surface area contributed by atoms with Crippen LogP contribution in [0.3, 0.4) is 0 Å². The van der Waals surface area contributed by atoms with E-state index in [1.807, 2.05) is 23.6 Å². The minimum absolute atomic E-state index is 0.116. The van der Waals surface area contributed by atoms with Gasteiger partial charge in [0.15, 0.2) is 0 Å². The number of nitrogens with zero attached hydrogens (tertiary/aromatic N) is 2. The number of likely N-dealkylation sites (tertiary alicyclic amines) is 1. The maximum absolute atomic E-state index is 12.9. The first-order valence-electron chi connectivity index (χ1n) is 9.96. The second-order valence-corrected chi connectivity index (χ2v) is 8.78. The summed E-state index contributed by atoms with van der Waals surface area (Å²) < 4.78 is 0. The van der Waals surface area contributed by atoms with E-state index in [0.29, 0.717) is 30.7 Å². The van der Waals surface area contributed by atoms with Gasteiger partial charge in [0.25, 0.3) is 11.7 Å². The van der Waals surface area contributed by atoms with Crippen LogP contribution < -0.4 is 0 Å². The van der Waals surface area contributed by atoms with Gasteiger partial charge >= 0.3 is 0 Å². The molecule has 0 saturated carbocycles. The van der Waals surface area contributed by atoms with E-state index in [1.165, 1.54) is 11.3 Å². The topological polar surface area (TPSA) is 60.9 Å². The molecule has 29 heavy (non-hydrogen) atoms. The Balaban J connectivity index is 2.01. The van der Waals surface area contributed by atoms with E-state index >= 15 is 0 Å². The molecule has 0 radical (unpaired) electrons. The van der Waals surface area contributed by atoms with Gasteiger partial charge in [-0.15, -0.1) is 11.3 Å². The van der Waals surface area contributed by atoms with Gasteiger partial charge in [-0.25, -0.2) is 0 Å². The van der Waals surface area contributed by atoms with Crippen molar-refractivity contribution < 1.29 is 14.7 Å². The van der Waals surface area contributed by atoms with Gasteiger partial charge in [0, 0.05) is 35.6 Å². The van der Waals surface area contributed by atoms with Crippen molar-refractivity contribution in [2.45, 2.75) is 45.8 Å². The van der Waals surface area contributed by atoms with Crippen molar-refractivity contribution in [3.8, 4) is 0 Å². The number of carbonyl (C=O) groups excluding carboxylic acids is 2. The highest BCUT2D eigenvalue weighted by molar-refractivity contribution is 7.10. The Kier molecular flexibility index (Phi) is 6.55. The van der Waals surface area contributed by atoms with Crippen molar-refractivity contribution in [3.05, 3.63) is 63.9 Å². The number of hydrogen-bond donors (Lipinski definition) is 1. The molecule has 154 valence electrons. The van der Waals surface area contributed by atoms with E-state index in [4.69, 9.17) is 0 Å². The Morgan fingerprint density at radius 3 is 2.28 bits per heavy atom. The molecule has 1 aliphatic rings. The molecule has 1 amide bonds. The first kappa shape index (κ1) is 21.3. The summed E-state index contributed by atoms with van der Waals surface area (Å²) in [5.41, 5.74) is 0.710. The largest absolute Gasteiger partial charge is 0.507 e. The molecule has 1 saturated heterocycles. The molecule has 1 N–H and O–H groups in total. The van der Waals surface area contributed by atoms with Gasteiger partial charge in [-0.3, -0.25) is 14.5 Å². The third-order valence-corrected chi connectivity index (χ3v) is 6.25. The number of thiophene rings is 1. The summed E-state index contributed by atoms with van der Waals surface area (Å²) in [6.07, 6.45) is 0. The normalized spacial score (nSPS) is 19.1. The Morgan fingerprint density at radius 2 is 1.72 bits per heavy atom. The average molecular weight is 413 g/mol. The van der Waals surface area contributed by atoms with Crippen molar-refractivity contribution in [1.29, 1.82) is 0 Å². The van der Waals surface area contributed by atoms with Crippen LogP contribution in [0.25, 0.3) is 5.76 Å². The number of benzene rings is 1. The van der Waals surface area contributed by atoms with Crippen LogP contribution in [0, 0.1) is 0 Å². The standard InChI is InChI=1S/C23H28N2O3S/c1-15(2)24(16(3)4)12-13-25-20(18-11-8-14-29-18)19(22(27)23(25)28)21(26)17-9-6-5-7-10-17/h5-11,14-16,20,26H,12-13H2,1-4H3/t20-/m0/s1. The van der Waals surface area contributed by atoms with E-state index in [1.54, 1.807) is 29.2 Å². The van der Waals surface area contributed by atoms with Crippen LogP contribution in [-0.4, -0.2) is 51.8 Å². The zero-order valence-corrected chi connectivity index (χ0v) is 18.1. The minimum Gasteiger partial charge on any atom is -0.507 e. The summed E-state index contributed by atoms with van der Waals surface area (Å²) in [7, 11) is 0. The third kappa shape index (κ3) is 4.28. The maximum atomic E-state index is 12.9. The number of Topliss-reactive ketones (excluding diaryl/α,β-unsaturated/α-hetero) is 1. The number of amides is 1. The maximum Gasteiger partial charge on any atom is 0.295 e. The van der Waals surface area contributed by atoms with Gasteiger partial charge in [-0.2, -0.15) is 0 Å². The zero-order chi connectivity index (χ0) is 21.1. The van der Waals surface area contributed by atoms with Crippen molar-refractivity contribution in [2.24, 2.45) is 0 Å². The van der Waals surface area contributed by atoms with Crippen molar-refractivity contribution >= 4 is 28.8 Å². The van der Waals surface area contributed by atoms with Crippen LogP contribution >= 0.6 is 11.3 Å². The number of rotatable bonds is 7. The molecule has 0 aliphatic carbocycles. The van der Waals surface area contributed by atoms with E-state index in [0.717, 1.165) is 4.88 Å². The van der Waals surface area contributed by atoms with E-state index < -0.39 is 17.7 Å². The van der Waals surface area contributed by atoms with Crippen LogP contribution in [0.4, 0.5) is 0 Å². The summed E-state index contributed by atoms with van der Waals surface area (Å²) in [6.45, 7) is 9.59. The Morgan fingerprint density at radius 1 is 1.07 bits per heavy atom. The lowest BCUT2D eigenvalue weighted by Gasteiger charge is -2.33. The van der Waals surface area contributed by atoms with Gasteiger partial charge in [0.05, 0.1) is 11.6 Å². The fourth-order valence-electron chi connectivity index (χ4n) is 3.94. The Labute approximate surface area is 176 Å². The van der Waals surface area contributed by atoms with Crippen LogP contribution in [0.5, 0.6) is 0 Å². The highest BCUT2D eigenvalue weighted by atomic mass is 32.1. The summed E-state index contributed by atoms with van der Waals surface area (Å²) in [5, 5.41) is 12.8. The zero-order valence-electron chi connectivity index (χ0n) is 17.3. The van der Waals surface area contributed by atoms with Crippen molar-refractivity contribution in [1.82, 2.24) is 9.80 Å². The first-order valence-corrected chi connectivity index (χ1v) is 10.8. The molecule has 1 aromatic carbocycles. The number of aliphatic hydroxyl groups is 1. The molecule has 1 atom stereocenters. The first-order chi connectivity index (χ1) is 13.8. The lowest BCUT2D eigenvalue weighted by atomic mass is 10.00. The van der Waals surface area contributed by atoms with Crippen molar-refractivity contribution in [3.63, 3.8) is 0 Å². The second-order valence-electron chi connectivity index (χ2n) is 7.80. The van der Waals surface area contributed by atoms with Crippen LogP contribution in [-0.2, 0) is 9.59 Å². The quantitative estimate of drug-likeness (QED) is 0.419. The minimum atomic E-state index is -0.620. The number of carbonyl (C=O) groups is 2. The third-order valence-electron chi connectivity index (χ3n) is 5.33. The number of ketones is 1. The predicted molar refractivity (Wildman–Crippen MR) is 117 cm³/mol. The molecule has 0 unspecified atom stereocenters. The monoisotopic (exact) mass is 412 g/mol.